The minimum absolute atomic E-state index is 0.176. The summed E-state index contributed by atoms with van der Waals surface area (Å²) in [6, 6.07) is 16.5. The summed E-state index contributed by atoms with van der Waals surface area (Å²) in [7, 11) is 0. The SMILES string of the molecule is CC(c1ccc(-c2ccccc2)c(F)c1)c1cc(CN=C(N)N2CCCC(C(N)=O)C2)no1. The van der Waals surface area contributed by atoms with Crippen LogP contribution in [0, 0.1) is 11.7 Å². The number of nitrogens with two attached hydrogens (primary N) is 2. The molecule has 0 saturated carbocycles. The number of amides is 1. The maximum absolute atomic E-state index is 14.8. The van der Waals surface area contributed by atoms with Crippen LogP contribution < -0.4 is 11.5 Å². The van der Waals surface area contributed by atoms with E-state index in [1.807, 2.05) is 54.3 Å². The molecule has 2 atom stereocenters. The summed E-state index contributed by atoms with van der Waals surface area (Å²) in [5.41, 5.74) is 14.4. The second kappa shape index (κ2) is 9.85. The number of benzene rings is 2. The van der Waals surface area contributed by atoms with E-state index in [1.54, 1.807) is 6.07 Å². The third-order valence-corrected chi connectivity index (χ3v) is 6.13. The Morgan fingerprint density at radius 1 is 1.24 bits per heavy atom. The van der Waals surface area contributed by atoms with Crippen LogP contribution in [0.5, 0.6) is 0 Å². The van der Waals surface area contributed by atoms with Gasteiger partial charge in [0.15, 0.2) is 5.96 Å². The Kier molecular flexibility index (Phi) is 6.72. The monoisotopic (exact) mass is 449 g/mol. The maximum Gasteiger partial charge on any atom is 0.222 e. The Bertz CT molecular complexity index is 1140. The zero-order chi connectivity index (χ0) is 23.4. The number of aliphatic imine (C=N–C) groups is 1. The van der Waals surface area contributed by atoms with Crippen molar-refractivity contribution in [3.63, 3.8) is 0 Å². The molecule has 1 fully saturated rings. The second-order valence-electron chi connectivity index (χ2n) is 8.41. The highest BCUT2D eigenvalue weighted by Gasteiger charge is 2.25. The topological polar surface area (TPSA) is 111 Å². The van der Waals surface area contributed by atoms with Gasteiger partial charge in [-0.15, -0.1) is 0 Å². The van der Waals surface area contributed by atoms with Crippen molar-refractivity contribution >= 4 is 11.9 Å². The van der Waals surface area contributed by atoms with Crippen LogP contribution in [0.2, 0.25) is 0 Å². The summed E-state index contributed by atoms with van der Waals surface area (Å²) < 4.78 is 20.3. The number of hydrogen-bond donors (Lipinski definition) is 2. The Morgan fingerprint density at radius 2 is 2.03 bits per heavy atom. The molecule has 0 aliphatic carbocycles. The van der Waals surface area contributed by atoms with Gasteiger partial charge in [-0.05, 0) is 30.0 Å². The first kappa shape index (κ1) is 22.5. The molecule has 4 N–H and O–H groups in total. The highest BCUT2D eigenvalue weighted by atomic mass is 19.1. The molecule has 2 aromatic carbocycles. The standard InChI is InChI=1S/C25H28FN5O2/c1-16(18-9-10-21(22(26)12-18)17-6-3-2-4-7-17)23-13-20(30-33-23)14-29-25(28)31-11-5-8-19(15-31)24(27)32/h2-4,6-7,9-10,12-13,16,19H,5,8,11,14-15H2,1H3,(H2,27,32)(H2,28,29). The fourth-order valence-electron chi connectivity index (χ4n) is 4.10. The van der Waals surface area contributed by atoms with Crippen LogP contribution in [0.3, 0.4) is 0 Å². The number of halogens is 1. The van der Waals surface area contributed by atoms with Crippen molar-refractivity contribution in [2.45, 2.75) is 32.2 Å². The molecule has 0 bridgehead atoms. The van der Waals surface area contributed by atoms with Gasteiger partial charge in [0.05, 0.1) is 12.5 Å². The number of likely N-dealkylation sites (tertiary alicyclic amines) is 1. The van der Waals surface area contributed by atoms with Gasteiger partial charge in [-0.25, -0.2) is 9.38 Å². The van der Waals surface area contributed by atoms with Crippen molar-refractivity contribution < 1.29 is 13.7 Å². The number of nitrogens with zero attached hydrogens (tertiary/aromatic N) is 3. The van der Waals surface area contributed by atoms with Gasteiger partial charge in [-0.1, -0.05) is 54.5 Å². The van der Waals surface area contributed by atoms with E-state index in [9.17, 15) is 9.18 Å². The number of hydrogen-bond acceptors (Lipinski definition) is 4. The lowest BCUT2D eigenvalue weighted by Crippen LogP contribution is -2.47. The molecule has 4 rings (SSSR count). The first-order chi connectivity index (χ1) is 15.9. The normalized spacial score (nSPS) is 17.7. The molecule has 7 nitrogen and oxygen atoms in total. The van der Waals surface area contributed by atoms with Crippen LogP contribution in [0.1, 0.15) is 42.7 Å². The Balaban J connectivity index is 1.42. The van der Waals surface area contributed by atoms with E-state index < -0.39 is 0 Å². The first-order valence-electron chi connectivity index (χ1n) is 11.1. The minimum atomic E-state index is -0.309. The van der Waals surface area contributed by atoms with Gasteiger partial charge >= 0.3 is 0 Å². The summed E-state index contributed by atoms with van der Waals surface area (Å²) in [4.78, 5) is 17.7. The van der Waals surface area contributed by atoms with Crippen LogP contribution in [-0.4, -0.2) is 35.0 Å². The fourth-order valence-corrected chi connectivity index (χ4v) is 4.10. The smallest absolute Gasteiger partial charge is 0.222 e. The molecule has 0 spiro atoms. The van der Waals surface area contributed by atoms with Crippen LogP contribution in [-0.2, 0) is 11.3 Å². The zero-order valence-electron chi connectivity index (χ0n) is 18.6. The van der Waals surface area contributed by atoms with E-state index in [1.165, 1.54) is 6.07 Å². The highest BCUT2D eigenvalue weighted by molar-refractivity contribution is 5.81. The molecule has 1 aliphatic rings. The van der Waals surface area contributed by atoms with Gasteiger partial charge in [0.2, 0.25) is 5.91 Å². The summed E-state index contributed by atoms with van der Waals surface area (Å²) in [6.45, 7) is 3.42. The van der Waals surface area contributed by atoms with Crippen LogP contribution in [0.15, 0.2) is 64.1 Å². The molecule has 0 radical (unpaired) electrons. The predicted octanol–water partition coefficient (Wildman–Crippen LogP) is 3.64. The molecule has 33 heavy (non-hydrogen) atoms. The maximum atomic E-state index is 14.8. The molecule has 3 aromatic rings. The number of aromatic nitrogens is 1. The number of guanidine groups is 1. The molecule has 1 saturated heterocycles. The number of piperidine rings is 1. The van der Waals surface area contributed by atoms with Crippen molar-refractivity contribution in [1.29, 1.82) is 0 Å². The summed E-state index contributed by atoms with van der Waals surface area (Å²) >= 11 is 0. The average Bonchev–Trinajstić information content (AvgIpc) is 3.31. The van der Waals surface area contributed by atoms with Crippen LogP contribution in [0.4, 0.5) is 4.39 Å². The molecule has 2 heterocycles. The predicted molar refractivity (Wildman–Crippen MR) is 125 cm³/mol. The molecular formula is C25H28FN5O2. The van der Waals surface area contributed by atoms with Gasteiger partial charge in [0, 0.05) is 30.6 Å². The van der Waals surface area contributed by atoms with E-state index in [0.717, 1.165) is 30.5 Å². The minimum Gasteiger partial charge on any atom is -0.370 e. The van der Waals surface area contributed by atoms with Gasteiger partial charge in [0.1, 0.15) is 17.3 Å². The van der Waals surface area contributed by atoms with E-state index in [0.29, 0.717) is 29.5 Å². The third-order valence-electron chi connectivity index (χ3n) is 6.13. The van der Waals surface area contributed by atoms with Crippen molar-refractivity contribution in [2.24, 2.45) is 22.4 Å². The molecule has 1 amide bonds. The third kappa shape index (κ3) is 5.22. The fraction of sp³-hybridized carbons (Fsp3) is 0.320. The van der Waals surface area contributed by atoms with Gasteiger partial charge in [-0.2, -0.15) is 0 Å². The Morgan fingerprint density at radius 3 is 2.76 bits per heavy atom. The zero-order valence-corrected chi connectivity index (χ0v) is 18.6. The van der Waals surface area contributed by atoms with Crippen molar-refractivity contribution in [1.82, 2.24) is 10.1 Å². The quantitative estimate of drug-likeness (QED) is 0.441. The van der Waals surface area contributed by atoms with E-state index in [-0.39, 0.29) is 30.1 Å². The van der Waals surface area contributed by atoms with E-state index >= 15 is 0 Å². The highest BCUT2D eigenvalue weighted by Crippen LogP contribution is 2.30. The lowest BCUT2D eigenvalue weighted by molar-refractivity contribution is -0.122. The number of primary amides is 1. The Labute approximate surface area is 192 Å². The largest absolute Gasteiger partial charge is 0.370 e. The molecule has 2 unspecified atom stereocenters. The van der Waals surface area contributed by atoms with Crippen LogP contribution >= 0.6 is 0 Å². The van der Waals surface area contributed by atoms with E-state index in [4.69, 9.17) is 16.0 Å². The molecule has 172 valence electrons. The molecule has 8 heteroatoms. The molecule has 1 aliphatic heterocycles. The van der Waals surface area contributed by atoms with Crippen molar-refractivity contribution in [3.05, 3.63) is 77.4 Å². The van der Waals surface area contributed by atoms with Gasteiger partial charge in [-0.3, -0.25) is 4.79 Å². The molecular weight excluding hydrogens is 421 g/mol. The summed E-state index contributed by atoms with van der Waals surface area (Å²) in [6.07, 6.45) is 1.62. The van der Waals surface area contributed by atoms with Crippen molar-refractivity contribution in [2.75, 3.05) is 13.1 Å². The number of rotatable bonds is 6. The lowest BCUT2D eigenvalue weighted by atomic mass is 9.95. The molecule has 1 aromatic heterocycles. The summed E-state index contributed by atoms with van der Waals surface area (Å²) in [5, 5.41) is 4.09. The van der Waals surface area contributed by atoms with Gasteiger partial charge in [0.25, 0.3) is 0 Å². The number of carbonyl (C=O) groups excluding carboxylic acids is 1. The van der Waals surface area contributed by atoms with E-state index in [2.05, 4.69) is 10.1 Å². The lowest BCUT2D eigenvalue weighted by Gasteiger charge is -2.31. The Hall–Kier alpha value is -3.68. The first-order valence-corrected chi connectivity index (χ1v) is 11.1. The number of carbonyl (C=O) groups is 1. The van der Waals surface area contributed by atoms with Crippen molar-refractivity contribution in [3.8, 4) is 11.1 Å². The van der Waals surface area contributed by atoms with Gasteiger partial charge < -0.3 is 20.9 Å². The summed E-state index contributed by atoms with van der Waals surface area (Å²) in [5.74, 6) is 0.00911. The average molecular weight is 450 g/mol. The second-order valence-corrected chi connectivity index (χ2v) is 8.41. The van der Waals surface area contributed by atoms with Crippen LogP contribution in [0.25, 0.3) is 11.1 Å².